The molecule has 3 rings (SSSR count). The van der Waals surface area contributed by atoms with Crippen molar-refractivity contribution >= 4 is 33.7 Å². The Balaban J connectivity index is 1.62. The first-order valence-electron chi connectivity index (χ1n) is 7.74. The Morgan fingerprint density at radius 2 is 2.21 bits per heavy atom. The fourth-order valence-electron chi connectivity index (χ4n) is 2.13. The molecule has 0 aliphatic rings. The molecule has 0 saturated heterocycles. The number of hydrogen-bond donors (Lipinski definition) is 1. The summed E-state index contributed by atoms with van der Waals surface area (Å²) in [7, 11) is 1.85. The minimum Gasteiger partial charge on any atom is -0.295 e. The van der Waals surface area contributed by atoms with Gasteiger partial charge in [0, 0.05) is 30.6 Å². The third-order valence-corrected chi connectivity index (χ3v) is 5.16. The number of nitrogens with zero attached hydrogens (tertiary/aromatic N) is 5. The first kappa shape index (κ1) is 16.7. The molecular weight excluding hydrogens is 344 g/mol. The van der Waals surface area contributed by atoms with Gasteiger partial charge in [-0.2, -0.15) is 5.10 Å². The number of nitrogens with one attached hydrogen (secondary N) is 1. The maximum absolute atomic E-state index is 12.3. The minimum atomic E-state index is -0.266. The van der Waals surface area contributed by atoms with Crippen LogP contribution in [0.3, 0.4) is 0 Å². The van der Waals surface area contributed by atoms with E-state index in [4.69, 9.17) is 0 Å². The summed E-state index contributed by atoms with van der Waals surface area (Å²) in [6.45, 7) is 2.17. The van der Waals surface area contributed by atoms with Crippen LogP contribution in [0.2, 0.25) is 0 Å². The number of carbonyl (C=O) groups excluding carboxylic acids is 1. The van der Waals surface area contributed by atoms with Crippen molar-refractivity contribution in [3.05, 3.63) is 28.5 Å². The molecular formula is C15H18N6OS2. The summed E-state index contributed by atoms with van der Waals surface area (Å²) < 4.78 is 1.71. The molecule has 3 aromatic rings. The highest BCUT2D eigenvalue weighted by Crippen LogP contribution is 2.24. The van der Waals surface area contributed by atoms with Gasteiger partial charge in [0.15, 0.2) is 0 Å². The molecule has 1 amide bonds. The van der Waals surface area contributed by atoms with Crippen molar-refractivity contribution in [3.63, 3.8) is 0 Å². The monoisotopic (exact) mass is 362 g/mol. The van der Waals surface area contributed by atoms with E-state index >= 15 is 0 Å². The smallest absolute Gasteiger partial charge is 0.276 e. The molecule has 0 aliphatic carbocycles. The van der Waals surface area contributed by atoms with Crippen molar-refractivity contribution in [2.45, 2.75) is 32.6 Å². The van der Waals surface area contributed by atoms with E-state index in [9.17, 15) is 4.79 Å². The average Bonchev–Trinajstić information content (AvgIpc) is 3.28. The summed E-state index contributed by atoms with van der Waals surface area (Å²) in [4.78, 5) is 16.7. The number of hydrogen-bond acceptors (Lipinski definition) is 7. The number of amides is 1. The van der Waals surface area contributed by atoms with Crippen LogP contribution in [0, 0.1) is 0 Å². The number of thiazole rings is 1. The number of rotatable bonds is 7. The molecule has 126 valence electrons. The van der Waals surface area contributed by atoms with Gasteiger partial charge in [-0.05, 0) is 6.42 Å². The average molecular weight is 362 g/mol. The van der Waals surface area contributed by atoms with E-state index in [-0.39, 0.29) is 5.91 Å². The van der Waals surface area contributed by atoms with Gasteiger partial charge in [0.1, 0.15) is 15.7 Å². The summed E-state index contributed by atoms with van der Waals surface area (Å²) in [5.74, 6) is -0.266. The van der Waals surface area contributed by atoms with Gasteiger partial charge in [-0.3, -0.25) is 14.8 Å². The van der Waals surface area contributed by atoms with Gasteiger partial charge in [-0.15, -0.1) is 21.5 Å². The van der Waals surface area contributed by atoms with Gasteiger partial charge < -0.3 is 0 Å². The summed E-state index contributed by atoms with van der Waals surface area (Å²) in [5, 5.41) is 19.0. The van der Waals surface area contributed by atoms with Gasteiger partial charge in [-0.25, -0.2) is 4.98 Å². The van der Waals surface area contributed by atoms with Crippen LogP contribution < -0.4 is 5.32 Å². The predicted octanol–water partition coefficient (Wildman–Crippen LogP) is 3.38. The van der Waals surface area contributed by atoms with Gasteiger partial charge in [0.25, 0.3) is 5.91 Å². The van der Waals surface area contributed by atoms with Crippen LogP contribution in [-0.2, 0) is 13.5 Å². The zero-order chi connectivity index (χ0) is 16.9. The van der Waals surface area contributed by atoms with Gasteiger partial charge in [-0.1, -0.05) is 31.1 Å². The summed E-state index contributed by atoms with van der Waals surface area (Å²) in [6, 6.07) is 0. The third kappa shape index (κ3) is 4.04. The second-order valence-corrected chi connectivity index (χ2v) is 7.27. The van der Waals surface area contributed by atoms with Crippen molar-refractivity contribution in [3.8, 4) is 10.6 Å². The fraction of sp³-hybridized carbons (Fsp3) is 0.400. The maximum Gasteiger partial charge on any atom is 0.276 e. The Bertz CT molecular complexity index is 821. The molecule has 0 aliphatic heterocycles. The molecule has 0 atom stereocenters. The van der Waals surface area contributed by atoms with E-state index in [2.05, 4.69) is 32.5 Å². The van der Waals surface area contributed by atoms with Crippen LogP contribution in [0.25, 0.3) is 10.6 Å². The van der Waals surface area contributed by atoms with E-state index < -0.39 is 0 Å². The van der Waals surface area contributed by atoms with Crippen molar-refractivity contribution in [2.75, 3.05) is 5.32 Å². The quantitative estimate of drug-likeness (QED) is 0.651. The molecule has 7 nitrogen and oxygen atoms in total. The molecule has 0 aromatic carbocycles. The van der Waals surface area contributed by atoms with Crippen LogP contribution >= 0.6 is 22.7 Å². The van der Waals surface area contributed by atoms with Gasteiger partial charge in [0.05, 0.1) is 6.20 Å². The minimum absolute atomic E-state index is 0.266. The molecule has 0 spiro atoms. The fourth-order valence-corrected chi connectivity index (χ4v) is 3.69. The molecule has 0 bridgehead atoms. The number of carbonyl (C=O) groups is 1. The van der Waals surface area contributed by atoms with E-state index in [0.717, 1.165) is 28.4 Å². The molecule has 0 saturated carbocycles. The Kier molecular flexibility index (Phi) is 5.31. The second-order valence-electron chi connectivity index (χ2n) is 5.35. The van der Waals surface area contributed by atoms with Gasteiger partial charge >= 0.3 is 0 Å². The third-order valence-electron chi connectivity index (χ3n) is 3.37. The van der Waals surface area contributed by atoms with Crippen LogP contribution in [0.15, 0.2) is 17.8 Å². The molecule has 0 fully saturated rings. The van der Waals surface area contributed by atoms with Crippen LogP contribution in [-0.4, -0.2) is 30.9 Å². The van der Waals surface area contributed by atoms with E-state index in [1.54, 1.807) is 16.3 Å². The van der Waals surface area contributed by atoms with Crippen molar-refractivity contribution in [1.82, 2.24) is 25.0 Å². The lowest BCUT2D eigenvalue weighted by atomic mass is 10.2. The number of unbranched alkanes of at least 4 members (excludes halogenated alkanes) is 2. The lowest BCUT2D eigenvalue weighted by Crippen LogP contribution is -2.12. The summed E-state index contributed by atoms with van der Waals surface area (Å²) in [5.41, 5.74) is 1.28. The zero-order valence-corrected chi connectivity index (χ0v) is 15.2. The van der Waals surface area contributed by atoms with Crippen molar-refractivity contribution < 1.29 is 4.79 Å². The predicted molar refractivity (Wildman–Crippen MR) is 95.4 cm³/mol. The number of aryl methyl sites for hydroxylation is 2. The lowest BCUT2D eigenvalue weighted by Gasteiger charge is -1.96. The van der Waals surface area contributed by atoms with E-state index in [1.165, 1.54) is 35.5 Å². The van der Waals surface area contributed by atoms with Crippen LogP contribution in [0.1, 0.15) is 41.7 Å². The summed E-state index contributed by atoms with van der Waals surface area (Å²) >= 11 is 2.84. The van der Waals surface area contributed by atoms with Crippen LogP contribution in [0.4, 0.5) is 5.13 Å². The highest BCUT2D eigenvalue weighted by Gasteiger charge is 2.15. The standard InChI is InChI=1S/C15H18N6OS2/c1-3-4-5-6-12-19-20-15(24-12)18-13(22)11-9-23-14(17-11)10-7-16-21(2)8-10/h7-9H,3-6H2,1-2H3,(H,18,20,22). The van der Waals surface area contributed by atoms with Crippen molar-refractivity contribution in [1.29, 1.82) is 0 Å². The normalized spacial score (nSPS) is 10.9. The molecule has 0 unspecified atom stereocenters. The Hall–Kier alpha value is -2.13. The van der Waals surface area contributed by atoms with E-state index in [1.807, 2.05) is 13.2 Å². The number of aromatic nitrogens is 5. The first-order chi connectivity index (χ1) is 11.7. The van der Waals surface area contributed by atoms with E-state index in [0.29, 0.717) is 10.8 Å². The second kappa shape index (κ2) is 7.63. The number of anilines is 1. The Morgan fingerprint density at radius 1 is 1.33 bits per heavy atom. The van der Waals surface area contributed by atoms with Gasteiger partial charge in [0.2, 0.25) is 5.13 Å². The highest BCUT2D eigenvalue weighted by atomic mass is 32.1. The van der Waals surface area contributed by atoms with Crippen LogP contribution in [0.5, 0.6) is 0 Å². The topological polar surface area (TPSA) is 85.6 Å². The lowest BCUT2D eigenvalue weighted by molar-refractivity contribution is 0.102. The highest BCUT2D eigenvalue weighted by molar-refractivity contribution is 7.15. The molecule has 0 radical (unpaired) electrons. The van der Waals surface area contributed by atoms with Crippen molar-refractivity contribution in [2.24, 2.45) is 7.05 Å². The first-order valence-corrected chi connectivity index (χ1v) is 9.43. The SMILES string of the molecule is CCCCCc1nnc(NC(=O)c2csc(-c3cnn(C)c3)n2)s1. The molecule has 24 heavy (non-hydrogen) atoms. The largest absolute Gasteiger partial charge is 0.295 e. The molecule has 9 heteroatoms. The molecule has 3 heterocycles. The summed E-state index contributed by atoms with van der Waals surface area (Å²) in [6.07, 6.45) is 7.95. The Morgan fingerprint density at radius 3 is 2.96 bits per heavy atom. The Labute approximate surface area is 147 Å². The molecule has 3 aromatic heterocycles. The zero-order valence-electron chi connectivity index (χ0n) is 13.5. The maximum atomic E-state index is 12.3. The molecule has 1 N–H and O–H groups in total.